The average Bonchev–Trinajstić information content (AvgIpc) is 3.02. The zero-order valence-corrected chi connectivity index (χ0v) is 16.1. The fourth-order valence-electron chi connectivity index (χ4n) is 2.86. The first kappa shape index (κ1) is 18.4. The number of thiophene rings is 1. The number of hydrogen-bond acceptors (Lipinski definition) is 4. The van der Waals surface area contributed by atoms with Gasteiger partial charge in [-0.1, -0.05) is 17.7 Å². The third-order valence-corrected chi connectivity index (χ3v) is 7.73. The lowest BCUT2D eigenvalue weighted by atomic mass is 9.99. The van der Waals surface area contributed by atoms with Gasteiger partial charge in [-0.15, -0.1) is 11.3 Å². The lowest BCUT2D eigenvalue weighted by Crippen LogP contribution is -2.43. The van der Waals surface area contributed by atoms with Crippen molar-refractivity contribution in [2.24, 2.45) is 5.92 Å². The van der Waals surface area contributed by atoms with Gasteiger partial charge in [-0.25, -0.2) is 8.42 Å². The standard InChI is InChI=1S/C17H19ClN2O3S2/c1-12-7-8-16(24-12)25(22,23)20-9-3-4-13(11-20)17(21)19-15-6-2-5-14(18)10-15/h2,5-8,10,13H,3-4,9,11H2,1H3,(H,19,21). The van der Waals surface area contributed by atoms with Gasteiger partial charge in [0.25, 0.3) is 10.0 Å². The second-order valence-corrected chi connectivity index (χ2v) is 9.96. The third-order valence-electron chi connectivity index (χ3n) is 4.16. The summed E-state index contributed by atoms with van der Waals surface area (Å²) in [6.07, 6.45) is 1.33. The maximum absolute atomic E-state index is 12.8. The number of sulfonamides is 1. The highest BCUT2D eigenvalue weighted by Crippen LogP contribution is 2.28. The molecule has 8 heteroatoms. The molecule has 2 aromatic rings. The van der Waals surface area contributed by atoms with Crippen molar-refractivity contribution in [3.05, 3.63) is 46.3 Å². The zero-order chi connectivity index (χ0) is 18.0. The molecule has 5 nitrogen and oxygen atoms in total. The number of hydrogen-bond donors (Lipinski definition) is 1. The molecule has 3 rings (SSSR count). The van der Waals surface area contributed by atoms with Crippen LogP contribution < -0.4 is 5.32 Å². The number of aryl methyl sites for hydroxylation is 1. The van der Waals surface area contributed by atoms with Crippen LogP contribution in [0.1, 0.15) is 17.7 Å². The minimum atomic E-state index is -3.54. The van der Waals surface area contributed by atoms with E-state index in [0.29, 0.717) is 34.3 Å². The van der Waals surface area contributed by atoms with Crippen molar-refractivity contribution in [2.45, 2.75) is 24.0 Å². The normalized spacial score (nSPS) is 18.9. The fourth-order valence-corrected chi connectivity index (χ4v) is 6.02. The van der Waals surface area contributed by atoms with E-state index < -0.39 is 10.0 Å². The number of carbonyl (C=O) groups excluding carboxylic acids is 1. The van der Waals surface area contributed by atoms with Crippen molar-refractivity contribution >= 4 is 44.6 Å². The lowest BCUT2D eigenvalue weighted by molar-refractivity contribution is -0.120. The number of benzene rings is 1. The van der Waals surface area contributed by atoms with Crippen LogP contribution in [-0.2, 0) is 14.8 Å². The van der Waals surface area contributed by atoms with Gasteiger partial charge in [0.1, 0.15) is 4.21 Å². The Bertz CT molecular complexity index is 880. The second-order valence-electron chi connectivity index (χ2n) is 6.07. The van der Waals surface area contributed by atoms with E-state index in [-0.39, 0.29) is 18.4 Å². The molecular weight excluding hydrogens is 380 g/mol. The van der Waals surface area contributed by atoms with Gasteiger partial charge in [0.2, 0.25) is 5.91 Å². The molecule has 1 amide bonds. The topological polar surface area (TPSA) is 66.5 Å². The fraction of sp³-hybridized carbons (Fsp3) is 0.353. The molecule has 0 saturated carbocycles. The number of carbonyl (C=O) groups is 1. The highest BCUT2D eigenvalue weighted by molar-refractivity contribution is 7.91. The Hall–Kier alpha value is -1.41. The summed E-state index contributed by atoms with van der Waals surface area (Å²) < 4.78 is 27.3. The molecule has 0 radical (unpaired) electrons. The molecule has 1 aliphatic heterocycles. The maximum Gasteiger partial charge on any atom is 0.252 e. The number of rotatable bonds is 4. The summed E-state index contributed by atoms with van der Waals surface area (Å²) in [5.74, 6) is -0.548. The molecule has 1 aliphatic rings. The summed E-state index contributed by atoms with van der Waals surface area (Å²) in [7, 11) is -3.54. The maximum atomic E-state index is 12.8. The van der Waals surface area contributed by atoms with E-state index in [1.807, 2.05) is 6.92 Å². The molecule has 0 aliphatic carbocycles. The van der Waals surface area contributed by atoms with Crippen LogP contribution in [0.25, 0.3) is 0 Å². The predicted octanol–water partition coefficient (Wildman–Crippen LogP) is 3.75. The van der Waals surface area contributed by atoms with Gasteiger partial charge in [0.05, 0.1) is 5.92 Å². The summed E-state index contributed by atoms with van der Waals surface area (Å²) in [6.45, 7) is 2.52. The van der Waals surface area contributed by atoms with Crippen LogP contribution in [0.2, 0.25) is 5.02 Å². The van der Waals surface area contributed by atoms with Gasteiger partial charge < -0.3 is 5.32 Å². The number of nitrogens with zero attached hydrogens (tertiary/aromatic N) is 1. The Labute approximate surface area is 156 Å². The van der Waals surface area contributed by atoms with Crippen molar-refractivity contribution in [1.29, 1.82) is 0 Å². The molecule has 0 bridgehead atoms. The van der Waals surface area contributed by atoms with Gasteiger partial charge in [-0.3, -0.25) is 4.79 Å². The summed E-state index contributed by atoms with van der Waals surface area (Å²) in [6, 6.07) is 10.3. The molecule has 1 fully saturated rings. The first-order valence-corrected chi connectivity index (χ1v) is 10.6. The molecular formula is C17H19ClN2O3S2. The van der Waals surface area contributed by atoms with Gasteiger partial charge in [0, 0.05) is 28.7 Å². The van der Waals surface area contributed by atoms with E-state index in [1.165, 1.54) is 15.6 Å². The predicted molar refractivity (Wildman–Crippen MR) is 101 cm³/mol. The molecule has 1 aromatic heterocycles. The van der Waals surface area contributed by atoms with Gasteiger partial charge in [-0.05, 0) is 50.1 Å². The largest absolute Gasteiger partial charge is 0.326 e. The van der Waals surface area contributed by atoms with Crippen LogP contribution in [0.3, 0.4) is 0 Å². The number of anilines is 1. The lowest BCUT2D eigenvalue weighted by Gasteiger charge is -2.30. The van der Waals surface area contributed by atoms with Crippen molar-refractivity contribution in [3.63, 3.8) is 0 Å². The molecule has 1 saturated heterocycles. The van der Waals surface area contributed by atoms with Gasteiger partial charge >= 0.3 is 0 Å². The summed E-state index contributed by atoms with van der Waals surface area (Å²) in [4.78, 5) is 13.5. The monoisotopic (exact) mass is 398 g/mol. The van der Waals surface area contributed by atoms with E-state index in [1.54, 1.807) is 36.4 Å². The van der Waals surface area contributed by atoms with Gasteiger partial charge in [0.15, 0.2) is 0 Å². The Balaban J connectivity index is 1.71. The van der Waals surface area contributed by atoms with Crippen LogP contribution in [0.15, 0.2) is 40.6 Å². The van der Waals surface area contributed by atoms with Crippen LogP contribution in [-0.4, -0.2) is 31.7 Å². The number of nitrogens with one attached hydrogen (secondary N) is 1. The summed E-state index contributed by atoms with van der Waals surface area (Å²) in [5.41, 5.74) is 0.617. The first-order valence-electron chi connectivity index (χ1n) is 7.99. The SMILES string of the molecule is Cc1ccc(S(=O)(=O)N2CCCC(C(=O)Nc3cccc(Cl)c3)C2)s1. The molecule has 1 unspecified atom stereocenters. The second kappa shape index (κ2) is 7.45. The molecule has 1 atom stereocenters. The van der Waals surface area contributed by atoms with E-state index in [9.17, 15) is 13.2 Å². The van der Waals surface area contributed by atoms with Crippen molar-refractivity contribution in [2.75, 3.05) is 18.4 Å². The van der Waals surface area contributed by atoms with E-state index in [4.69, 9.17) is 11.6 Å². The molecule has 1 aromatic carbocycles. The van der Waals surface area contributed by atoms with E-state index in [2.05, 4.69) is 5.32 Å². The first-order chi connectivity index (χ1) is 11.9. The van der Waals surface area contributed by atoms with E-state index >= 15 is 0 Å². The average molecular weight is 399 g/mol. The number of amides is 1. The number of piperidine rings is 1. The minimum Gasteiger partial charge on any atom is -0.326 e. The minimum absolute atomic E-state index is 0.176. The Morgan fingerprint density at radius 3 is 2.80 bits per heavy atom. The quantitative estimate of drug-likeness (QED) is 0.852. The highest BCUT2D eigenvalue weighted by atomic mass is 35.5. The Morgan fingerprint density at radius 2 is 2.12 bits per heavy atom. The highest BCUT2D eigenvalue weighted by Gasteiger charge is 2.34. The van der Waals surface area contributed by atoms with Crippen LogP contribution in [0.4, 0.5) is 5.69 Å². The molecule has 1 N–H and O–H groups in total. The van der Waals surface area contributed by atoms with E-state index in [0.717, 1.165) is 4.88 Å². The van der Waals surface area contributed by atoms with Crippen molar-refractivity contribution in [3.8, 4) is 0 Å². The molecule has 0 spiro atoms. The van der Waals surface area contributed by atoms with Crippen LogP contribution >= 0.6 is 22.9 Å². The third kappa shape index (κ3) is 4.23. The van der Waals surface area contributed by atoms with Gasteiger partial charge in [-0.2, -0.15) is 4.31 Å². The zero-order valence-electron chi connectivity index (χ0n) is 13.7. The Kier molecular flexibility index (Phi) is 5.48. The Morgan fingerprint density at radius 1 is 1.32 bits per heavy atom. The van der Waals surface area contributed by atoms with Crippen molar-refractivity contribution in [1.82, 2.24) is 4.31 Å². The van der Waals surface area contributed by atoms with Crippen LogP contribution in [0.5, 0.6) is 0 Å². The molecule has 2 heterocycles. The van der Waals surface area contributed by atoms with Crippen LogP contribution in [0, 0.1) is 12.8 Å². The molecule has 134 valence electrons. The number of halogens is 1. The van der Waals surface area contributed by atoms with Crippen molar-refractivity contribution < 1.29 is 13.2 Å². The summed E-state index contributed by atoms with van der Waals surface area (Å²) >= 11 is 7.19. The molecule has 25 heavy (non-hydrogen) atoms. The smallest absolute Gasteiger partial charge is 0.252 e. The summed E-state index contributed by atoms with van der Waals surface area (Å²) in [5, 5.41) is 3.37.